The summed E-state index contributed by atoms with van der Waals surface area (Å²) in [5, 5.41) is 3.46. The zero-order valence-electron chi connectivity index (χ0n) is 10.2. The van der Waals surface area contributed by atoms with Crippen molar-refractivity contribution < 1.29 is 4.79 Å². The first-order valence-corrected chi connectivity index (χ1v) is 7.80. The molecule has 0 heterocycles. The molecule has 0 radical (unpaired) electrons. The maximum atomic E-state index is 12.3. The molecule has 0 aliphatic rings. The van der Waals surface area contributed by atoms with E-state index >= 15 is 0 Å². The van der Waals surface area contributed by atoms with Crippen LogP contribution in [0.3, 0.4) is 0 Å². The van der Waals surface area contributed by atoms with Gasteiger partial charge in [-0.1, -0.05) is 62.3 Å². The summed E-state index contributed by atoms with van der Waals surface area (Å²) >= 11 is 27.3. The Kier molecular flexibility index (Phi) is 5.28. The predicted molar refractivity (Wildman–Crippen MR) is 93.0 cm³/mol. The summed E-state index contributed by atoms with van der Waals surface area (Å²) < 4.78 is 0.695. The topological polar surface area (TPSA) is 55.1 Å². The van der Waals surface area contributed by atoms with E-state index in [1.807, 2.05) is 0 Å². The molecule has 3 N–H and O–H groups in total. The first-order valence-electron chi connectivity index (χ1n) is 5.50. The molecule has 2 aromatic carbocycles. The second-order valence-electron chi connectivity index (χ2n) is 4.06. The molecular formula is C13H7BrCl4N2O. The lowest BCUT2D eigenvalue weighted by molar-refractivity contribution is 0.102. The molecule has 0 saturated heterocycles. The number of rotatable bonds is 2. The number of nitrogens with one attached hydrogen (secondary N) is 1. The number of amides is 1. The van der Waals surface area contributed by atoms with E-state index in [-0.39, 0.29) is 31.3 Å². The number of anilines is 2. The fraction of sp³-hybridized carbons (Fsp3) is 0. The smallest absolute Gasteiger partial charge is 0.257 e. The molecule has 0 spiro atoms. The van der Waals surface area contributed by atoms with Crippen LogP contribution < -0.4 is 11.1 Å². The highest BCUT2D eigenvalue weighted by atomic mass is 79.9. The van der Waals surface area contributed by atoms with Crippen LogP contribution in [0, 0.1) is 0 Å². The number of halogens is 5. The van der Waals surface area contributed by atoms with Gasteiger partial charge in [-0.2, -0.15) is 0 Å². The lowest BCUT2D eigenvalue weighted by Gasteiger charge is -2.12. The van der Waals surface area contributed by atoms with Crippen LogP contribution in [0.1, 0.15) is 10.4 Å². The third-order valence-corrected chi connectivity index (χ3v) is 4.40. The third kappa shape index (κ3) is 3.76. The Morgan fingerprint density at radius 2 is 1.57 bits per heavy atom. The van der Waals surface area contributed by atoms with Crippen molar-refractivity contribution in [1.29, 1.82) is 0 Å². The molecule has 8 heteroatoms. The van der Waals surface area contributed by atoms with Gasteiger partial charge < -0.3 is 11.1 Å². The monoisotopic (exact) mass is 426 g/mol. The van der Waals surface area contributed by atoms with Gasteiger partial charge in [-0.15, -0.1) is 0 Å². The number of nitrogen functional groups attached to an aromatic ring is 1. The lowest BCUT2D eigenvalue weighted by Crippen LogP contribution is -2.14. The molecular weight excluding hydrogens is 422 g/mol. The van der Waals surface area contributed by atoms with Crippen molar-refractivity contribution in [3.8, 4) is 0 Å². The molecule has 0 bridgehead atoms. The molecule has 2 rings (SSSR count). The average Bonchev–Trinajstić information content (AvgIpc) is 2.37. The summed E-state index contributed by atoms with van der Waals surface area (Å²) in [4.78, 5) is 12.3. The van der Waals surface area contributed by atoms with Crippen LogP contribution in [0.2, 0.25) is 20.1 Å². The quantitative estimate of drug-likeness (QED) is 0.585. The van der Waals surface area contributed by atoms with E-state index in [4.69, 9.17) is 52.1 Å². The average molecular weight is 429 g/mol. The second-order valence-corrected chi connectivity index (χ2v) is 6.58. The van der Waals surface area contributed by atoms with Crippen LogP contribution in [0.4, 0.5) is 11.4 Å². The fourth-order valence-corrected chi connectivity index (χ4v) is 3.34. The fourth-order valence-electron chi connectivity index (χ4n) is 1.62. The largest absolute Gasteiger partial charge is 0.399 e. The lowest BCUT2D eigenvalue weighted by atomic mass is 10.2. The Morgan fingerprint density at radius 1 is 1.00 bits per heavy atom. The first kappa shape index (κ1) is 16.7. The van der Waals surface area contributed by atoms with Gasteiger partial charge in [0.05, 0.1) is 31.3 Å². The van der Waals surface area contributed by atoms with Gasteiger partial charge in [0.1, 0.15) is 0 Å². The van der Waals surface area contributed by atoms with Gasteiger partial charge >= 0.3 is 0 Å². The van der Waals surface area contributed by atoms with Crippen molar-refractivity contribution in [3.05, 3.63) is 54.4 Å². The summed E-state index contributed by atoms with van der Waals surface area (Å²) in [5.74, 6) is -0.514. The Labute approximate surface area is 149 Å². The van der Waals surface area contributed by atoms with Gasteiger partial charge in [0.25, 0.3) is 5.91 Å². The van der Waals surface area contributed by atoms with E-state index in [2.05, 4.69) is 21.2 Å². The van der Waals surface area contributed by atoms with E-state index in [1.165, 1.54) is 12.1 Å². The SMILES string of the molecule is Nc1cc(Cl)c(Cl)c(C(=O)Nc2c(Cl)cc(Br)cc2Cl)c1. The standard InChI is InChI=1S/C13H7BrCl4N2O/c14-5-1-9(16)12(10(17)2-5)20-13(21)7-3-6(19)4-8(15)11(7)18/h1-4H,19H2,(H,20,21). The number of hydrogen-bond donors (Lipinski definition) is 2. The molecule has 0 aliphatic heterocycles. The van der Waals surface area contributed by atoms with Gasteiger partial charge in [0, 0.05) is 10.2 Å². The molecule has 0 fully saturated rings. The zero-order chi connectivity index (χ0) is 15.7. The minimum absolute atomic E-state index is 0.104. The minimum atomic E-state index is -0.514. The van der Waals surface area contributed by atoms with Crippen molar-refractivity contribution in [3.63, 3.8) is 0 Å². The maximum absolute atomic E-state index is 12.3. The van der Waals surface area contributed by atoms with Crippen molar-refractivity contribution in [2.24, 2.45) is 0 Å². The van der Waals surface area contributed by atoms with E-state index in [0.717, 1.165) is 0 Å². The van der Waals surface area contributed by atoms with Crippen molar-refractivity contribution >= 4 is 79.6 Å². The predicted octanol–water partition coefficient (Wildman–Crippen LogP) is 5.90. The highest BCUT2D eigenvalue weighted by Gasteiger charge is 2.17. The van der Waals surface area contributed by atoms with E-state index in [0.29, 0.717) is 10.2 Å². The van der Waals surface area contributed by atoms with Crippen LogP contribution in [0.5, 0.6) is 0 Å². The summed E-state index contributed by atoms with van der Waals surface area (Å²) in [5.41, 5.74) is 6.39. The molecule has 0 aromatic heterocycles. The zero-order valence-corrected chi connectivity index (χ0v) is 14.8. The molecule has 2 aromatic rings. The Morgan fingerprint density at radius 3 is 2.14 bits per heavy atom. The maximum Gasteiger partial charge on any atom is 0.257 e. The summed E-state index contributed by atoms with van der Waals surface area (Å²) in [6.07, 6.45) is 0. The van der Waals surface area contributed by atoms with Gasteiger partial charge in [0.15, 0.2) is 0 Å². The Bertz CT molecular complexity index is 713. The molecule has 0 saturated carbocycles. The molecule has 0 aliphatic carbocycles. The van der Waals surface area contributed by atoms with Crippen LogP contribution in [-0.4, -0.2) is 5.91 Å². The van der Waals surface area contributed by atoms with E-state index in [9.17, 15) is 4.79 Å². The molecule has 1 amide bonds. The number of carbonyl (C=O) groups excluding carboxylic acids is 1. The van der Waals surface area contributed by atoms with Crippen molar-refractivity contribution in [2.45, 2.75) is 0 Å². The normalized spacial score (nSPS) is 10.5. The highest BCUT2D eigenvalue weighted by Crippen LogP contribution is 2.35. The van der Waals surface area contributed by atoms with E-state index < -0.39 is 5.91 Å². The summed E-state index contributed by atoms with van der Waals surface area (Å²) in [7, 11) is 0. The van der Waals surface area contributed by atoms with Crippen molar-refractivity contribution in [1.82, 2.24) is 0 Å². The number of hydrogen-bond acceptors (Lipinski definition) is 2. The third-order valence-electron chi connectivity index (χ3n) is 2.54. The number of nitrogens with two attached hydrogens (primary N) is 1. The van der Waals surface area contributed by atoms with Crippen LogP contribution >= 0.6 is 62.3 Å². The Balaban J connectivity index is 2.40. The molecule has 0 unspecified atom stereocenters. The second kappa shape index (κ2) is 6.63. The van der Waals surface area contributed by atoms with Crippen LogP contribution in [-0.2, 0) is 0 Å². The van der Waals surface area contributed by atoms with Crippen LogP contribution in [0.25, 0.3) is 0 Å². The molecule has 110 valence electrons. The highest BCUT2D eigenvalue weighted by molar-refractivity contribution is 9.10. The first-order chi connectivity index (χ1) is 9.79. The molecule has 0 atom stereocenters. The van der Waals surface area contributed by atoms with Gasteiger partial charge in [-0.05, 0) is 24.3 Å². The minimum Gasteiger partial charge on any atom is -0.399 e. The van der Waals surface area contributed by atoms with E-state index in [1.54, 1.807) is 12.1 Å². The van der Waals surface area contributed by atoms with Crippen molar-refractivity contribution in [2.75, 3.05) is 11.1 Å². The Hall–Kier alpha value is -0.650. The van der Waals surface area contributed by atoms with Gasteiger partial charge in [0.2, 0.25) is 0 Å². The van der Waals surface area contributed by atoms with Crippen LogP contribution in [0.15, 0.2) is 28.7 Å². The molecule has 21 heavy (non-hydrogen) atoms. The number of benzene rings is 2. The summed E-state index contributed by atoms with van der Waals surface area (Å²) in [6.45, 7) is 0. The molecule has 3 nitrogen and oxygen atoms in total. The summed E-state index contributed by atoms with van der Waals surface area (Å²) in [6, 6.07) is 6.10. The number of carbonyl (C=O) groups is 1. The van der Waals surface area contributed by atoms with Gasteiger partial charge in [-0.25, -0.2) is 0 Å². The van der Waals surface area contributed by atoms with Gasteiger partial charge in [-0.3, -0.25) is 4.79 Å².